The molecule has 0 aromatic heterocycles. The molecule has 0 aromatic rings. The number of nitrogens with zero attached hydrogens (tertiary/aromatic N) is 1. The van der Waals surface area contributed by atoms with Crippen LogP contribution in [0.1, 0.15) is 57.8 Å². The first-order chi connectivity index (χ1) is 18.5. The number of hydrogen-bond donors (Lipinski definition) is 2. The molecule has 0 bridgehead atoms. The maximum absolute atomic E-state index is 11.9. The summed E-state index contributed by atoms with van der Waals surface area (Å²) in [5.74, 6) is -0.141. The quantitative estimate of drug-likeness (QED) is 0.170. The smallest absolute Gasteiger partial charge is 0.407 e. The Morgan fingerprint density at radius 1 is 0.842 bits per heavy atom. The standard InChI is InChI=1S/C26H39N3O9/c30-22(8-5-9-25(33)38-29-23(31)10-11-24(29)32)27-12-14-35-16-17-36-15-13-28-26(34)37-18-21-19-6-3-1-2-4-7-20(19)21/h1-2,19-21H,3-18H2,(H,27,30)(H,28,34)/b2-1-/t19-,20+,21?. The van der Waals surface area contributed by atoms with Crippen LogP contribution in [-0.2, 0) is 38.2 Å². The molecule has 4 amide bonds. The van der Waals surface area contributed by atoms with E-state index in [0.717, 1.165) is 12.8 Å². The van der Waals surface area contributed by atoms with E-state index < -0.39 is 23.9 Å². The summed E-state index contributed by atoms with van der Waals surface area (Å²) in [7, 11) is 0. The Morgan fingerprint density at radius 2 is 1.45 bits per heavy atom. The number of ether oxygens (including phenoxy) is 3. The summed E-state index contributed by atoms with van der Waals surface area (Å²) in [6, 6.07) is 0. The SMILES string of the molecule is O=C(CCCC(=O)ON1C(=O)CCC1=O)NCCOCCOCCNC(=O)OCC1[C@H]2CC/C=C\CC[C@@H]12. The lowest BCUT2D eigenvalue weighted by Crippen LogP contribution is -2.32. The molecule has 1 aliphatic heterocycles. The first-order valence-corrected chi connectivity index (χ1v) is 13.5. The van der Waals surface area contributed by atoms with E-state index in [1.165, 1.54) is 12.8 Å². The predicted molar refractivity (Wildman–Crippen MR) is 133 cm³/mol. The second-order valence-corrected chi connectivity index (χ2v) is 9.62. The highest BCUT2D eigenvalue weighted by molar-refractivity contribution is 6.01. The fourth-order valence-electron chi connectivity index (χ4n) is 4.76. The van der Waals surface area contributed by atoms with Crippen LogP contribution in [0.25, 0.3) is 0 Å². The number of allylic oxidation sites excluding steroid dienone is 2. The van der Waals surface area contributed by atoms with Gasteiger partial charge in [0.2, 0.25) is 5.91 Å². The van der Waals surface area contributed by atoms with Crippen LogP contribution >= 0.6 is 0 Å². The monoisotopic (exact) mass is 537 g/mol. The molecule has 0 spiro atoms. The van der Waals surface area contributed by atoms with E-state index in [4.69, 9.17) is 19.0 Å². The minimum Gasteiger partial charge on any atom is -0.449 e. The van der Waals surface area contributed by atoms with Crippen molar-refractivity contribution < 1.29 is 43.0 Å². The zero-order chi connectivity index (χ0) is 27.2. The summed E-state index contributed by atoms with van der Waals surface area (Å²) in [6.45, 7) is 2.51. The van der Waals surface area contributed by atoms with E-state index in [2.05, 4.69) is 22.8 Å². The topological polar surface area (TPSA) is 150 Å². The molecule has 212 valence electrons. The highest BCUT2D eigenvalue weighted by Gasteiger charge is 2.49. The first-order valence-electron chi connectivity index (χ1n) is 13.5. The number of fused-ring (bicyclic) bond motifs is 1. The highest BCUT2D eigenvalue weighted by Crippen LogP contribution is 2.52. The van der Waals surface area contributed by atoms with Crippen LogP contribution in [0.5, 0.6) is 0 Å². The summed E-state index contributed by atoms with van der Waals surface area (Å²) >= 11 is 0. The number of amides is 4. The average molecular weight is 538 g/mol. The molecular weight excluding hydrogens is 498 g/mol. The third-order valence-electron chi connectivity index (χ3n) is 6.86. The fraction of sp³-hybridized carbons (Fsp3) is 0.731. The predicted octanol–water partition coefficient (Wildman–Crippen LogP) is 1.63. The fourth-order valence-corrected chi connectivity index (χ4v) is 4.76. The Balaban J connectivity index is 1.06. The second-order valence-electron chi connectivity index (χ2n) is 9.62. The van der Waals surface area contributed by atoms with Crippen LogP contribution in [0.3, 0.4) is 0 Å². The zero-order valence-electron chi connectivity index (χ0n) is 21.8. The lowest BCUT2D eigenvalue weighted by Gasteiger charge is -2.12. The normalized spacial score (nSPS) is 23.2. The first kappa shape index (κ1) is 29.6. The third-order valence-corrected chi connectivity index (χ3v) is 6.86. The molecule has 2 N–H and O–H groups in total. The van der Waals surface area contributed by atoms with Gasteiger partial charge in [0.1, 0.15) is 0 Å². The molecular formula is C26H39N3O9. The number of rotatable bonds is 16. The van der Waals surface area contributed by atoms with Gasteiger partial charge in [-0.2, -0.15) is 0 Å². The maximum atomic E-state index is 11.9. The molecule has 0 aromatic carbocycles. The Bertz CT molecular complexity index is 831. The Labute approximate surface area is 222 Å². The van der Waals surface area contributed by atoms with Gasteiger partial charge in [0, 0.05) is 38.8 Å². The van der Waals surface area contributed by atoms with Crippen LogP contribution in [0.4, 0.5) is 4.79 Å². The minimum absolute atomic E-state index is 0.0376. The van der Waals surface area contributed by atoms with Gasteiger partial charge in [-0.25, -0.2) is 9.59 Å². The molecule has 38 heavy (non-hydrogen) atoms. The van der Waals surface area contributed by atoms with Crippen molar-refractivity contribution in [2.24, 2.45) is 17.8 Å². The van der Waals surface area contributed by atoms with Gasteiger partial charge < -0.3 is 29.7 Å². The van der Waals surface area contributed by atoms with Crippen LogP contribution in [0.15, 0.2) is 12.2 Å². The Kier molecular flexibility index (Phi) is 12.5. The minimum atomic E-state index is -0.726. The van der Waals surface area contributed by atoms with Crippen molar-refractivity contribution in [3.63, 3.8) is 0 Å². The molecule has 12 heteroatoms. The number of imide groups is 1. The zero-order valence-corrected chi connectivity index (χ0v) is 21.8. The molecule has 1 saturated carbocycles. The van der Waals surface area contributed by atoms with E-state index >= 15 is 0 Å². The van der Waals surface area contributed by atoms with Crippen LogP contribution < -0.4 is 10.6 Å². The molecule has 1 saturated heterocycles. The Morgan fingerprint density at radius 3 is 2.08 bits per heavy atom. The number of carbonyl (C=O) groups is 5. The molecule has 3 aliphatic rings. The summed E-state index contributed by atoms with van der Waals surface area (Å²) in [5.41, 5.74) is 0. The molecule has 3 atom stereocenters. The van der Waals surface area contributed by atoms with Gasteiger partial charge in [-0.1, -0.05) is 12.2 Å². The van der Waals surface area contributed by atoms with Crippen molar-refractivity contribution in [1.82, 2.24) is 15.7 Å². The summed E-state index contributed by atoms with van der Waals surface area (Å²) < 4.78 is 16.2. The van der Waals surface area contributed by atoms with Crippen LogP contribution in [-0.4, -0.2) is 81.0 Å². The van der Waals surface area contributed by atoms with Gasteiger partial charge in [-0.3, -0.25) is 14.4 Å². The lowest BCUT2D eigenvalue weighted by atomic mass is 10.1. The van der Waals surface area contributed by atoms with Gasteiger partial charge in [-0.15, -0.1) is 5.06 Å². The molecule has 0 radical (unpaired) electrons. The van der Waals surface area contributed by atoms with E-state index in [-0.39, 0.29) is 38.0 Å². The van der Waals surface area contributed by atoms with Crippen LogP contribution in [0, 0.1) is 17.8 Å². The van der Waals surface area contributed by atoms with Crippen LogP contribution in [0.2, 0.25) is 0 Å². The third kappa shape index (κ3) is 10.4. The lowest BCUT2D eigenvalue weighted by molar-refractivity contribution is -0.197. The number of nitrogens with one attached hydrogen (secondary N) is 2. The van der Waals surface area contributed by atoms with E-state index in [0.29, 0.717) is 68.9 Å². The Hall–Kier alpha value is -2.99. The second kappa shape index (κ2) is 16.1. The largest absolute Gasteiger partial charge is 0.449 e. The average Bonchev–Trinajstić information content (AvgIpc) is 3.42. The van der Waals surface area contributed by atoms with Crippen molar-refractivity contribution >= 4 is 29.8 Å². The van der Waals surface area contributed by atoms with Gasteiger partial charge in [0.15, 0.2) is 0 Å². The molecule has 2 aliphatic carbocycles. The van der Waals surface area contributed by atoms with Gasteiger partial charge in [-0.05, 0) is 49.9 Å². The molecule has 3 rings (SSSR count). The molecule has 12 nitrogen and oxygen atoms in total. The highest BCUT2D eigenvalue weighted by atomic mass is 16.7. The number of hydrogen-bond acceptors (Lipinski definition) is 9. The summed E-state index contributed by atoms with van der Waals surface area (Å²) in [5, 5.41) is 5.86. The molecule has 1 heterocycles. The molecule has 2 fully saturated rings. The van der Waals surface area contributed by atoms with Gasteiger partial charge in [0.25, 0.3) is 11.8 Å². The summed E-state index contributed by atoms with van der Waals surface area (Å²) in [4.78, 5) is 62.9. The van der Waals surface area contributed by atoms with Gasteiger partial charge >= 0.3 is 12.1 Å². The number of alkyl carbamates (subject to hydrolysis) is 1. The number of carbonyl (C=O) groups excluding carboxylic acids is 5. The molecule has 1 unspecified atom stereocenters. The van der Waals surface area contributed by atoms with E-state index in [1.807, 2.05) is 0 Å². The van der Waals surface area contributed by atoms with Crippen molar-refractivity contribution in [3.8, 4) is 0 Å². The summed E-state index contributed by atoms with van der Waals surface area (Å²) in [6.07, 6.45) is 9.04. The van der Waals surface area contributed by atoms with Crippen molar-refractivity contribution in [3.05, 3.63) is 12.2 Å². The van der Waals surface area contributed by atoms with Crippen molar-refractivity contribution in [2.75, 3.05) is 46.1 Å². The van der Waals surface area contributed by atoms with Crippen molar-refractivity contribution in [2.45, 2.75) is 57.8 Å². The van der Waals surface area contributed by atoms with Crippen molar-refractivity contribution in [1.29, 1.82) is 0 Å². The van der Waals surface area contributed by atoms with E-state index in [1.54, 1.807) is 0 Å². The van der Waals surface area contributed by atoms with Gasteiger partial charge in [0.05, 0.1) is 33.0 Å². The van der Waals surface area contributed by atoms with E-state index in [9.17, 15) is 24.0 Å². The maximum Gasteiger partial charge on any atom is 0.407 e. The number of hydroxylamine groups is 2.